The van der Waals surface area contributed by atoms with E-state index < -0.39 is 23.9 Å². The van der Waals surface area contributed by atoms with Crippen LogP contribution < -0.4 is 4.74 Å². The maximum absolute atomic E-state index is 13.2. The number of alkyl halides is 3. The van der Waals surface area contributed by atoms with Crippen molar-refractivity contribution in [2.45, 2.75) is 19.2 Å². The van der Waals surface area contributed by atoms with Crippen molar-refractivity contribution in [2.75, 3.05) is 0 Å². The molecule has 0 fully saturated rings. The SMILES string of the molecule is CC(Oc1oc(-c2ccccc2)nc1C(F)(F)F)c1ccccc1. The number of benzene rings is 2. The highest BCUT2D eigenvalue weighted by atomic mass is 19.4. The van der Waals surface area contributed by atoms with E-state index in [-0.39, 0.29) is 5.89 Å². The molecule has 1 heterocycles. The van der Waals surface area contributed by atoms with Crippen molar-refractivity contribution in [1.82, 2.24) is 4.98 Å². The fourth-order valence-corrected chi connectivity index (χ4v) is 2.22. The van der Waals surface area contributed by atoms with Gasteiger partial charge in [0.05, 0.1) is 0 Å². The third kappa shape index (κ3) is 3.42. The van der Waals surface area contributed by atoms with Crippen molar-refractivity contribution in [2.24, 2.45) is 0 Å². The van der Waals surface area contributed by atoms with Crippen LogP contribution >= 0.6 is 0 Å². The summed E-state index contributed by atoms with van der Waals surface area (Å²) in [7, 11) is 0. The van der Waals surface area contributed by atoms with Crippen LogP contribution in [0.5, 0.6) is 5.95 Å². The van der Waals surface area contributed by atoms with Crippen molar-refractivity contribution in [3.05, 3.63) is 71.9 Å². The van der Waals surface area contributed by atoms with Gasteiger partial charge in [-0.1, -0.05) is 48.5 Å². The molecule has 0 bridgehead atoms. The van der Waals surface area contributed by atoms with E-state index in [0.29, 0.717) is 5.56 Å². The number of hydrogen-bond donors (Lipinski definition) is 0. The first-order chi connectivity index (χ1) is 11.4. The number of ether oxygens (including phenoxy) is 1. The van der Waals surface area contributed by atoms with Crippen LogP contribution in [0.4, 0.5) is 13.2 Å². The molecule has 0 radical (unpaired) electrons. The molecule has 3 aromatic rings. The first kappa shape index (κ1) is 16.1. The van der Waals surface area contributed by atoms with Gasteiger partial charge in [-0.15, -0.1) is 0 Å². The molecular weight excluding hydrogens is 319 g/mol. The highest BCUT2D eigenvalue weighted by Gasteiger charge is 2.41. The molecule has 0 amide bonds. The Balaban J connectivity index is 1.96. The van der Waals surface area contributed by atoms with Gasteiger partial charge in [0.15, 0.2) is 0 Å². The molecule has 0 aliphatic carbocycles. The molecule has 1 atom stereocenters. The lowest BCUT2D eigenvalue weighted by Gasteiger charge is -2.13. The number of halogens is 3. The molecule has 24 heavy (non-hydrogen) atoms. The van der Waals surface area contributed by atoms with E-state index in [0.717, 1.165) is 5.56 Å². The van der Waals surface area contributed by atoms with Crippen LogP contribution in [0.2, 0.25) is 0 Å². The van der Waals surface area contributed by atoms with Crippen molar-refractivity contribution in [3.63, 3.8) is 0 Å². The maximum Gasteiger partial charge on any atom is 0.440 e. The summed E-state index contributed by atoms with van der Waals surface area (Å²) in [5, 5.41) is 0. The number of nitrogens with zero attached hydrogens (tertiary/aromatic N) is 1. The predicted octanol–water partition coefficient (Wildman–Crippen LogP) is 5.50. The first-order valence-electron chi connectivity index (χ1n) is 7.30. The van der Waals surface area contributed by atoms with Gasteiger partial charge >= 0.3 is 12.1 Å². The Morgan fingerprint density at radius 2 is 1.54 bits per heavy atom. The van der Waals surface area contributed by atoms with Gasteiger partial charge in [0, 0.05) is 5.56 Å². The Morgan fingerprint density at radius 1 is 0.958 bits per heavy atom. The Bertz CT molecular complexity index is 798. The molecule has 0 saturated heterocycles. The molecule has 0 spiro atoms. The molecular formula is C18H14F3NO2. The van der Waals surface area contributed by atoms with Crippen LogP contribution in [-0.4, -0.2) is 4.98 Å². The van der Waals surface area contributed by atoms with Crippen LogP contribution in [0.3, 0.4) is 0 Å². The number of aromatic nitrogens is 1. The van der Waals surface area contributed by atoms with Gasteiger partial charge in [-0.05, 0) is 24.6 Å². The molecule has 3 rings (SSSR count). The van der Waals surface area contributed by atoms with E-state index in [9.17, 15) is 13.2 Å². The van der Waals surface area contributed by atoms with Crippen molar-refractivity contribution >= 4 is 0 Å². The Kier molecular flexibility index (Phi) is 4.29. The predicted molar refractivity (Wildman–Crippen MR) is 82.4 cm³/mol. The highest BCUT2D eigenvalue weighted by molar-refractivity contribution is 5.54. The van der Waals surface area contributed by atoms with Crippen LogP contribution in [0, 0.1) is 0 Å². The van der Waals surface area contributed by atoms with Gasteiger partial charge in [-0.3, -0.25) is 0 Å². The second-order valence-electron chi connectivity index (χ2n) is 5.19. The summed E-state index contributed by atoms with van der Waals surface area (Å²) < 4.78 is 50.4. The molecule has 2 aromatic carbocycles. The summed E-state index contributed by atoms with van der Waals surface area (Å²) in [4.78, 5) is 3.58. The summed E-state index contributed by atoms with van der Waals surface area (Å²) in [6, 6.07) is 17.3. The third-order valence-corrected chi connectivity index (χ3v) is 3.44. The lowest BCUT2D eigenvalue weighted by Crippen LogP contribution is -2.10. The van der Waals surface area contributed by atoms with Gasteiger partial charge in [0.1, 0.15) is 6.10 Å². The lowest BCUT2D eigenvalue weighted by atomic mass is 10.1. The Hall–Kier alpha value is -2.76. The Labute approximate surface area is 136 Å². The standard InChI is InChI=1S/C18H14F3NO2/c1-12(13-8-4-2-5-9-13)23-17-15(18(19,20)21)22-16(24-17)14-10-6-3-7-11-14/h2-12H,1H3. The number of oxazole rings is 1. The summed E-state index contributed by atoms with van der Waals surface area (Å²) >= 11 is 0. The number of rotatable bonds is 4. The van der Waals surface area contributed by atoms with Gasteiger partial charge in [-0.2, -0.15) is 13.2 Å². The zero-order valence-corrected chi connectivity index (χ0v) is 12.7. The fourth-order valence-electron chi connectivity index (χ4n) is 2.22. The van der Waals surface area contributed by atoms with E-state index >= 15 is 0 Å². The second kappa shape index (κ2) is 6.39. The minimum absolute atomic E-state index is 0.127. The van der Waals surface area contributed by atoms with E-state index in [1.165, 1.54) is 0 Å². The molecule has 124 valence electrons. The smallest absolute Gasteiger partial charge is 0.440 e. The lowest BCUT2D eigenvalue weighted by molar-refractivity contribution is -0.143. The topological polar surface area (TPSA) is 35.3 Å². The van der Waals surface area contributed by atoms with Crippen molar-refractivity contribution in [3.8, 4) is 17.4 Å². The Morgan fingerprint density at radius 3 is 2.12 bits per heavy atom. The van der Waals surface area contributed by atoms with E-state index in [1.807, 2.05) is 6.07 Å². The van der Waals surface area contributed by atoms with Crippen LogP contribution in [0.25, 0.3) is 11.5 Å². The van der Waals surface area contributed by atoms with Crippen LogP contribution in [0.15, 0.2) is 65.1 Å². The largest absolute Gasteiger partial charge is 0.456 e. The van der Waals surface area contributed by atoms with E-state index in [4.69, 9.17) is 9.15 Å². The summed E-state index contributed by atoms with van der Waals surface area (Å²) in [6.45, 7) is 1.65. The number of hydrogen-bond acceptors (Lipinski definition) is 3. The monoisotopic (exact) mass is 333 g/mol. The van der Waals surface area contributed by atoms with Crippen LogP contribution in [0.1, 0.15) is 24.3 Å². The molecule has 1 aromatic heterocycles. The molecule has 0 N–H and O–H groups in total. The summed E-state index contributed by atoms with van der Waals surface area (Å²) in [5.74, 6) is -0.754. The molecule has 3 nitrogen and oxygen atoms in total. The van der Waals surface area contributed by atoms with Gasteiger partial charge < -0.3 is 9.15 Å². The summed E-state index contributed by atoms with van der Waals surface area (Å²) in [5.41, 5.74) is 0.0256. The normalized spacial score (nSPS) is 12.8. The quantitative estimate of drug-likeness (QED) is 0.632. The molecule has 0 aliphatic heterocycles. The molecule has 0 aliphatic rings. The average Bonchev–Trinajstić information content (AvgIpc) is 3.00. The minimum atomic E-state index is -4.66. The molecule has 6 heteroatoms. The van der Waals surface area contributed by atoms with Crippen LogP contribution in [-0.2, 0) is 6.18 Å². The van der Waals surface area contributed by atoms with Gasteiger partial charge in [0.2, 0.25) is 11.6 Å². The minimum Gasteiger partial charge on any atom is -0.456 e. The van der Waals surface area contributed by atoms with E-state index in [2.05, 4.69) is 4.98 Å². The zero-order valence-electron chi connectivity index (χ0n) is 12.7. The van der Waals surface area contributed by atoms with E-state index in [1.54, 1.807) is 61.5 Å². The maximum atomic E-state index is 13.2. The first-order valence-corrected chi connectivity index (χ1v) is 7.30. The fraction of sp³-hybridized carbons (Fsp3) is 0.167. The van der Waals surface area contributed by atoms with Crippen molar-refractivity contribution < 1.29 is 22.3 Å². The highest BCUT2D eigenvalue weighted by Crippen LogP contribution is 2.40. The molecule has 0 saturated carbocycles. The van der Waals surface area contributed by atoms with Gasteiger partial charge in [-0.25, -0.2) is 4.98 Å². The second-order valence-corrected chi connectivity index (χ2v) is 5.19. The molecule has 1 unspecified atom stereocenters. The summed E-state index contributed by atoms with van der Waals surface area (Å²) in [6.07, 6.45) is -5.27. The van der Waals surface area contributed by atoms with Gasteiger partial charge in [0.25, 0.3) is 0 Å². The average molecular weight is 333 g/mol. The zero-order chi connectivity index (χ0) is 17.2. The third-order valence-electron chi connectivity index (χ3n) is 3.44. The van der Waals surface area contributed by atoms with Crippen molar-refractivity contribution in [1.29, 1.82) is 0 Å².